The largest absolute Gasteiger partial charge is 0.294 e. The Labute approximate surface area is 69.6 Å². The zero-order chi connectivity index (χ0) is 8.59. The summed E-state index contributed by atoms with van der Waals surface area (Å²) >= 11 is 0. The number of carbonyl (C=O) groups excluding carboxylic acids is 1. The maximum atomic E-state index is 11.5. The fraction of sp³-hybridized carbons (Fsp3) is 0.667. The highest BCUT2D eigenvalue weighted by atomic mass is 31.1. The lowest BCUT2D eigenvalue weighted by atomic mass is 9.98. The summed E-state index contributed by atoms with van der Waals surface area (Å²) in [5.74, 6) is 0.655. The fourth-order valence-corrected chi connectivity index (χ4v) is 3.93. The molecule has 11 heavy (non-hydrogen) atoms. The minimum absolute atomic E-state index is 0.230. The predicted octanol–water partition coefficient (Wildman–Crippen LogP) is 2.81. The van der Waals surface area contributed by atoms with Crippen LogP contribution in [-0.4, -0.2) is 11.7 Å². The van der Waals surface area contributed by atoms with Crippen molar-refractivity contribution in [3.05, 3.63) is 11.9 Å². The molecule has 0 aromatic heterocycles. The molecule has 0 spiro atoms. The predicted molar refractivity (Wildman–Crippen MR) is 49.9 cm³/mol. The van der Waals surface area contributed by atoms with Gasteiger partial charge in [-0.2, -0.15) is 0 Å². The Morgan fingerprint density at radius 2 is 2.00 bits per heavy atom. The molecule has 1 heterocycles. The highest BCUT2D eigenvalue weighted by Crippen LogP contribution is 2.58. The molecule has 0 amide bonds. The van der Waals surface area contributed by atoms with E-state index in [4.69, 9.17) is 0 Å². The Hall–Kier alpha value is -0.160. The summed E-state index contributed by atoms with van der Waals surface area (Å²) in [5.41, 5.74) is 0.458. The molecule has 62 valence electrons. The van der Waals surface area contributed by atoms with Crippen molar-refractivity contribution in [3.8, 4) is 0 Å². The molecule has 1 fully saturated rings. The van der Waals surface area contributed by atoms with E-state index >= 15 is 0 Å². The summed E-state index contributed by atoms with van der Waals surface area (Å²) in [6, 6.07) is 0. The smallest absolute Gasteiger partial charge is 0.161 e. The van der Waals surface area contributed by atoms with Crippen LogP contribution in [0, 0.1) is 11.8 Å². The van der Waals surface area contributed by atoms with Gasteiger partial charge in [0.25, 0.3) is 0 Å². The van der Waals surface area contributed by atoms with Gasteiger partial charge in [-0.15, -0.1) is 0 Å². The van der Waals surface area contributed by atoms with Crippen molar-refractivity contribution >= 4 is 13.4 Å². The molecule has 1 aliphatic heterocycles. The molecular weight excluding hydrogens is 155 g/mol. The zero-order valence-electron chi connectivity index (χ0n) is 7.42. The molecular formula is C9H15OP. The van der Waals surface area contributed by atoms with E-state index in [0.717, 1.165) is 6.16 Å². The first kappa shape index (κ1) is 8.93. The first-order chi connectivity index (χ1) is 5.09. The van der Waals surface area contributed by atoms with Gasteiger partial charge in [0.05, 0.1) is 0 Å². The summed E-state index contributed by atoms with van der Waals surface area (Å²) in [5, 5.41) is 1.21. The topological polar surface area (TPSA) is 17.1 Å². The van der Waals surface area contributed by atoms with Crippen molar-refractivity contribution in [1.29, 1.82) is 0 Å². The molecule has 3 atom stereocenters. The summed E-state index contributed by atoms with van der Waals surface area (Å²) in [6.07, 6.45) is 0.988. The molecule has 1 nitrogen and oxygen atoms in total. The molecule has 0 radical (unpaired) electrons. The van der Waals surface area contributed by atoms with Crippen LogP contribution in [0.5, 0.6) is 0 Å². The van der Waals surface area contributed by atoms with E-state index in [1.54, 1.807) is 0 Å². The van der Waals surface area contributed by atoms with Gasteiger partial charge in [0.2, 0.25) is 0 Å². The zero-order valence-corrected chi connectivity index (χ0v) is 8.32. The molecule has 0 aliphatic carbocycles. The van der Waals surface area contributed by atoms with Gasteiger partial charge < -0.3 is 0 Å². The van der Waals surface area contributed by atoms with Crippen LogP contribution >= 0.6 is 7.92 Å². The molecule has 0 aromatic rings. The number of hydrogen-bond donors (Lipinski definition) is 0. The van der Waals surface area contributed by atoms with Crippen LogP contribution in [-0.2, 0) is 4.79 Å². The van der Waals surface area contributed by atoms with Crippen molar-refractivity contribution in [2.75, 3.05) is 6.16 Å². The Morgan fingerprint density at radius 3 is 2.18 bits per heavy atom. The third kappa shape index (κ3) is 1.27. The third-order valence-electron chi connectivity index (χ3n) is 2.59. The van der Waals surface area contributed by atoms with Crippen molar-refractivity contribution in [1.82, 2.24) is 0 Å². The van der Waals surface area contributed by atoms with E-state index in [0.29, 0.717) is 11.4 Å². The van der Waals surface area contributed by atoms with Gasteiger partial charge in [0.1, 0.15) is 0 Å². The third-order valence-corrected chi connectivity index (χ3v) is 5.27. The van der Waals surface area contributed by atoms with Crippen LogP contribution in [0.25, 0.3) is 0 Å². The Bertz CT molecular complexity index is 178. The number of hydrogen-bond acceptors (Lipinski definition) is 1. The van der Waals surface area contributed by atoms with Gasteiger partial charge >= 0.3 is 0 Å². The monoisotopic (exact) mass is 170 g/mol. The Balaban J connectivity index is 2.86. The molecule has 2 heteroatoms. The maximum absolute atomic E-state index is 11.5. The lowest BCUT2D eigenvalue weighted by molar-refractivity contribution is -0.114. The normalized spacial score (nSPS) is 38.3. The molecule has 3 unspecified atom stereocenters. The van der Waals surface area contributed by atoms with Crippen molar-refractivity contribution in [2.45, 2.75) is 20.8 Å². The quantitative estimate of drug-likeness (QED) is 0.553. The van der Waals surface area contributed by atoms with Crippen molar-refractivity contribution < 1.29 is 4.79 Å². The van der Waals surface area contributed by atoms with Crippen LogP contribution in [0.2, 0.25) is 0 Å². The average molecular weight is 170 g/mol. The van der Waals surface area contributed by atoms with E-state index in [1.165, 1.54) is 5.31 Å². The van der Waals surface area contributed by atoms with Gasteiger partial charge in [-0.3, -0.25) is 4.79 Å². The average Bonchev–Trinajstić information content (AvgIpc) is 2.17. The second-order valence-electron chi connectivity index (χ2n) is 3.15. The highest BCUT2D eigenvalue weighted by molar-refractivity contribution is 7.79. The highest BCUT2D eigenvalue weighted by Gasteiger charge is 2.38. The summed E-state index contributed by atoms with van der Waals surface area (Å²) in [6.45, 7) is 10.2. The molecule has 0 saturated carbocycles. The fourth-order valence-electron chi connectivity index (χ4n) is 1.49. The van der Waals surface area contributed by atoms with E-state index < -0.39 is 7.92 Å². The lowest BCUT2D eigenvalue weighted by Crippen LogP contribution is -2.06. The van der Waals surface area contributed by atoms with Gasteiger partial charge in [-0.25, -0.2) is 0 Å². The minimum Gasteiger partial charge on any atom is -0.294 e. The second kappa shape index (κ2) is 3.06. The van der Waals surface area contributed by atoms with Crippen molar-refractivity contribution in [3.63, 3.8) is 0 Å². The minimum atomic E-state index is -0.477. The van der Waals surface area contributed by atoms with E-state index in [9.17, 15) is 4.79 Å². The molecule has 0 aromatic carbocycles. The number of carbonyl (C=O) groups is 1. The number of rotatable bonds is 1. The van der Waals surface area contributed by atoms with Crippen LogP contribution in [0.15, 0.2) is 11.9 Å². The maximum Gasteiger partial charge on any atom is 0.161 e. The van der Waals surface area contributed by atoms with Crippen molar-refractivity contribution in [2.24, 2.45) is 11.8 Å². The van der Waals surface area contributed by atoms with Gasteiger partial charge in [0, 0.05) is 5.92 Å². The summed E-state index contributed by atoms with van der Waals surface area (Å²) in [4.78, 5) is 11.5. The molecule has 1 saturated heterocycles. The first-order valence-electron chi connectivity index (χ1n) is 4.09. The van der Waals surface area contributed by atoms with Gasteiger partial charge in [-0.05, 0) is 25.3 Å². The second-order valence-corrected chi connectivity index (χ2v) is 5.65. The van der Waals surface area contributed by atoms with E-state index in [-0.39, 0.29) is 5.92 Å². The summed E-state index contributed by atoms with van der Waals surface area (Å²) < 4.78 is 0. The van der Waals surface area contributed by atoms with E-state index in [1.807, 2.05) is 6.92 Å². The Kier molecular flexibility index (Phi) is 2.49. The first-order valence-corrected chi connectivity index (χ1v) is 5.62. The SMILES string of the molecule is C=C1C(C)C(C)C(=O)P1CC. The summed E-state index contributed by atoms with van der Waals surface area (Å²) in [7, 11) is -0.477. The van der Waals surface area contributed by atoms with Gasteiger partial charge in [0.15, 0.2) is 5.52 Å². The lowest BCUT2D eigenvalue weighted by Gasteiger charge is -2.07. The van der Waals surface area contributed by atoms with Crippen LogP contribution in [0.3, 0.4) is 0 Å². The standard InChI is InChI=1S/C9H15OP/c1-5-11-8(4)6(2)7(3)9(11)10/h6-7H,4-5H2,1-3H3. The van der Waals surface area contributed by atoms with Crippen LogP contribution in [0.4, 0.5) is 0 Å². The molecule has 0 N–H and O–H groups in total. The Morgan fingerprint density at radius 1 is 1.45 bits per heavy atom. The molecule has 0 bridgehead atoms. The van der Waals surface area contributed by atoms with Gasteiger partial charge in [-0.1, -0.05) is 27.4 Å². The number of allylic oxidation sites excluding steroid dienone is 1. The van der Waals surface area contributed by atoms with E-state index in [2.05, 4.69) is 20.4 Å². The molecule has 1 rings (SSSR count). The van der Waals surface area contributed by atoms with Crippen LogP contribution in [0.1, 0.15) is 20.8 Å². The molecule has 1 aliphatic rings. The van der Waals surface area contributed by atoms with Crippen LogP contribution < -0.4 is 0 Å².